The molecule has 112 valence electrons. The minimum absolute atomic E-state index is 0. The average molecular weight is 297 g/mol. The van der Waals surface area contributed by atoms with E-state index in [1.807, 2.05) is 24.3 Å². The summed E-state index contributed by atoms with van der Waals surface area (Å²) in [7, 11) is 0. The molecule has 2 unspecified atom stereocenters. The summed E-state index contributed by atoms with van der Waals surface area (Å²) in [4.78, 5) is 12.2. The fourth-order valence-corrected chi connectivity index (χ4v) is 2.93. The summed E-state index contributed by atoms with van der Waals surface area (Å²) in [6, 6.07) is 7.92. The van der Waals surface area contributed by atoms with Gasteiger partial charge >= 0.3 is 0 Å². The van der Waals surface area contributed by atoms with Gasteiger partial charge in [-0.25, -0.2) is 0 Å². The fraction of sp³-hybridized carbons (Fsp3) is 0.562. The fourth-order valence-electron chi connectivity index (χ4n) is 2.93. The molecule has 2 atom stereocenters. The molecule has 1 amide bonds. The maximum Gasteiger partial charge on any atom is 0.251 e. The Morgan fingerprint density at radius 3 is 2.50 bits per heavy atom. The number of amides is 1. The highest BCUT2D eigenvalue weighted by Gasteiger charge is 2.25. The highest BCUT2D eigenvalue weighted by Crippen LogP contribution is 2.27. The smallest absolute Gasteiger partial charge is 0.251 e. The van der Waals surface area contributed by atoms with Crippen LogP contribution in [0.2, 0.25) is 0 Å². The predicted octanol–water partition coefficient (Wildman–Crippen LogP) is 3.27. The number of carbonyl (C=O) groups is 1. The summed E-state index contributed by atoms with van der Waals surface area (Å²) in [6.45, 7) is 2.73. The summed E-state index contributed by atoms with van der Waals surface area (Å²) in [6.07, 6.45) is 6.04. The van der Waals surface area contributed by atoms with Crippen LogP contribution in [-0.4, -0.2) is 11.9 Å². The van der Waals surface area contributed by atoms with Gasteiger partial charge in [0.1, 0.15) is 0 Å². The Morgan fingerprint density at radius 2 is 1.90 bits per heavy atom. The molecule has 1 fully saturated rings. The van der Waals surface area contributed by atoms with Gasteiger partial charge in [-0.1, -0.05) is 38.3 Å². The van der Waals surface area contributed by atoms with Gasteiger partial charge in [0.05, 0.1) is 0 Å². The van der Waals surface area contributed by atoms with Crippen molar-refractivity contribution < 1.29 is 4.79 Å². The molecule has 0 heterocycles. The van der Waals surface area contributed by atoms with Crippen LogP contribution in [0.15, 0.2) is 24.3 Å². The van der Waals surface area contributed by atoms with Crippen molar-refractivity contribution in [2.45, 2.75) is 51.6 Å². The molecule has 4 heteroatoms. The number of rotatable bonds is 4. The molecule has 1 aromatic carbocycles. The molecule has 20 heavy (non-hydrogen) atoms. The van der Waals surface area contributed by atoms with Crippen molar-refractivity contribution in [3.63, 3.8) is 0 Å². The minimum Gasteiger partial charge on any atom is -0.349 e. The Morgan fingerprint density at radius 1 is 1.25 bits per heavy atom. The van der Waals surface area contributed by atoms with E-state index < -0.39 is 0 Å². The summed E-state index contributed by atoms with van der Waals surface area (Å²) in [5.41, 5.74) is 7.35. The largest absolute Gasteiger partial charge is 0.349 e. The molecular weight excluding hydrogens is 272 g/mol. The maximum absolute atomic E-state index is 12.2. The Hall–Kier alpha value is -1.06. The highest BCUT2D eigenvalue weighted by atomic mass is 35.5. The number of nitrogens with two attached hydrogens (primary N) is 1. The van der Waals surface area contributed by atoms with Gasteiger partial charge in [0.15, 0.2) is 0 Å². The lowest BCUT2D eigenvalue weighted by molar-refractivity contribution is 0.0904. The third-order valence-electron chi connectivity index (χ3n) is 4.20. The first kappa shape index (κ1) is 17.0. The van der Waals surface area contributed by atoms with Crippen LogP contribution in [0.4, 0.5) is 0 Å². The van der Waals surface area contributed by atoms with Crippen LogP contribution in [0.3, 0.4) is 0 Å². The zero-order chi connectivity index (χ0) is 13.7. The van der Waals surface area contributed by atoms with Crippen molar-refractivity contribution in [1.29, 1.82) is 0 Å². The molecule has 1 aromatic rings. The molecule has 1 saturated carbocycles. The Balaban J connectivity index is 0.00000200. The standard InChI is InChI=1S/C16H24N2O.ClH/c1-2-13-5-3-4-6-15(13)18-16(19)14-9-7-12(11-17)8-10-14;/h7-10,13,15H,2-6,11,17H2,1H3,(H,18,19);1H. The number of hydrogen-bond acceptors (Lipinski definition) is 2. The van der Waals surface area contributed by atoms with Crippen LogP contribution in [0, 0.1) is 5.92 Å². The first-order chi connectivity index (χ1) is 9.24. The minimum atomic E-state index is 0. The van der Waals surface area contributed by atoms with E-state index >= 15 is 0 Å². The van der Waals surface area contributed by atoms with Gasteiger partial charge in [0, 0.05) is 18.2 Å². The van der Waals surface area contributed by atoms with E-state index in [-0.39, 0.29) is 18.3 Å². The summed E-state index contributed by atoms with van der Waals surface area (Å²) < 4.78 is 0. The first-order valence-electron chi connectivity index (χ1n) is 7.34. The van der Waals surface area contributed by atoms with Gasteiger partial charge in [-0.2, -0.15) is 0 Å². The molecule has 2 rings (SSSR count). The predicted molar refractivity (Wildman–Crippen MR) is 85.1 cm³/mol. The van der Waals surface area contributed by atoms with Crippen molar-refractivity contribution in [3.8, 4) is 0 Å². The maximum atomic E-state index is 12.2. The van der Waals surface area contributed by atoms with E-state index in [1.165, 1.54) is 19.3 Å². The van der Waals surface area contributed by atoms with Crippen molar-refractivity contribution in [2.75, 3.05) is 0 Å². The second-order valence-corrected chi connectivity index (χ2v) is 5.43. The zero-order valence-corrected chi connectivity index (χ0v) is 12.9. The molecule has 0 aliphatic heterocycles. The van der Waals surface area contributed by atoms with Crippen LogP contribution in [0.25, 0.3) is 0 Å². The number of benzene rings is 1. The SMILES string of the molecule is CCC1CCCCC1NC(=O)c1ccc(CN)cc1.Cl. The van der Waals surface area contributed by atoms with Gasteiger partial charge in [-0.3, -0.25) is 4.79 Å². The quantitative estimate of drug-likeness (QED) is 0.896. The normalized spacial score (nSPS) is 21.9. The highest BCUT2D eigenvalue weighted by molar-refractivity contribution is 5.94. The third kappa shape index (κ3) is 4.22. The molecule has 0 spiro atoms. The van der Waals surface area contributed by atoms with Crippen LogP contribution in [0.1, 0.15) is 54.9 Å². The molecule has 0 saturated heterocycles. The molecule has 1 aliphatic rings. The molecular formula is C16H25ClN2O. The van der Waals surface area contributed by atoms with Gasteiger partial charge in [0.2, 0.25) is 0 Å². The van der Waals surface area contributed by atoms with Gasteiger partial charge < -0.3 is 11.1 Å². The number of halogens is 1. The topological polar surface area (TPSA) is 55.1 Å². The molecule has 3 N–H and O–H groups in total. The van der Waals surface area contributed by atoms with Crippen LogP contribution in [-0.2, 0) is 6.54 Å². The molecule has 0 bridgehead atoms. The van der Waals surface area contributed by atoms with E-state index in [2.05, 4.69) is 12.2 Å². The van der Waals surface area contributed by atoms with Crippen molar-refractivity contribution in [1.82, 2.24) is 5.32 Å². The van der Waals surface area contributed by atoms with Gasteiger partial charge in [0.25, 0.3) is 5.91 Å². The van der Waals surface area contributed by atoms with Gasteiger partial charge in [-0.05, 0) is 36.5 Å². The van der Waals surface area contributed by atoms with Crippen LogP contribution < -0.4 is 11.1 Å². The molecule has 0 radical (unpaired) electrons. The van der Waals surface area contributed by atoms with E-state index in [9.17, 15) is 4.79 Å². The lowest BCUT2D eigenvalue weighted by Gasteiger charge is -2.31. The molecule has 3 nitrogen and oxygen atoms in total. The number of carbonyl (C=O) groups excluding carboxylic acids is 1. The van der Waals surface area contributed by atoms with E-state index in [4.69, 9.17) is 5.73 Å². The van der Waals surface area contributed by atoms with Crippen molar-refractivity contribution >= 4 is 18.3 Å². The second kappa shape index (κ2) is 8.28. The Kier molecular flexibility index (Phi) is 7.03. The lowest BCUT2D eigenvalue weighted by atomic mass is 9.83. The number of nitrogens with one attached hydrogen (secondary N) is 1. The Bertz CT molecular complexity index is 419. The van der Waals surface area contributed by atoms with Crippen LogP contribution >= 0.6 is 12.4 Å². The molecule has 1 aliphatic carbocycles. The zero-order valence-electron chi connectivity index (χ0n) is 12.1. The lowest BCUT2D eigenvalue weighted by Crippen LogP contribution is -2.41. The average Bonchev–Trinajstić information content (AvgIpc) is 2.48. The van der Waals surface area contributed by atoms with Crippen molar-refractivity contribution in [2.24, 2.45) is 11.7 Å². The van der Waals surface area contributed by atoms with E-state index in [1.54, 1.807) is 0 Å². The monoisotopic (exact) mass is 296 g/mol. The van der Waals surface area contributed by atoms with E-state index in [0.29, 0.717) is 18.5 Å². The molecule has 0 aromatic heterocycles. The van der Waals surface area contributed by atoms with Gasteiger partial charge in [-0.15, -0.1) is 12.4 Å². The second-order valence-electron chi connectivity index (χ2n) is 5.43. The van der Waals surface area contributed by atoms with E-state index in [0.717, 1.165) is 24.0 Å². The van der Waals surface area contributed by atoms with Crippen molar-refractivity contribution in [3.05, 3.63) is 35.4 Å². The summed E-state index contributed by atoms with van der Waals surface area (Å²) >= 11 is 0. The third-order valence-corrected chi connectivity index (χ3v) is 4.20. The Labute approximate surface area is 127 Å². The summed E-state index contributed by atoms with van der Waals surface area (Å²) in [5, 5.41) is 3.20. The van der Waals surface area contributed by atoms with Crippen LogP contribution in [0.5, 0.6) is 0 Å². The number of hydrogen-bond donors (Lipinski definition) is 2. The summed E-state index contributed by atoms with van der Waals surface area (Å²) in [5.74, 6) is 0.690. The first-order valence-corrected chi connectivity index (χ1v) is 7.34.